The molecule has 1 aliphatic rings. The maximum absolute atomic E-state index is 12.3. The Morgan fingerprint density at radius 2 is 1.71 bits per heavy atom. The molecule has 1 unspecified atom stereocenters. The van der Waals surface area contributed by atoms with Gasteiger partial charge >= 0.3 is 0 Å². The van der Waals surface area contributed by atoms with Gasteiger partial charge in [0.15, 0.2) is 0 Å². The molecule has 2 N–H and O–H groups in total. The number of hydrogen-bond donors (Lipinski definition) is 1. The van der Waals surface area contributed by atoms with Crippen molar-refractivity contribution >= 4 is 5.91 Å². The van der Waals surface area contributed by atoms with Gasteiger partial charge in [0, 0.05) is 17.1 Å². The van der Waals surface area contributed by atoms with E-state index in [4.69, 9.17) is 5.73 Å². The molecule has 1 aromatic carbocycles. The van der Waals surface area contributed by atoms with Gasteiger partial charge in [-0.25, -0.2) is 0 Å². The summed E-state index contributed by atoms with van der Waals surface area (Å²) in [4.78, 5) is 12.3. The van der Waals surface area contributed by atoms with Crippen molar-refractivity contribution in [3.8, 4) is 5.69 Å². The highest BCUT2D eigenvalue weighted by Gasteiger charge is 2.52. The van der Waals surface area contributed by atoms with E-state index in [2.05, 4.69) is 63.5 Å². The Labute approximate surface area is 144 Å². The Bertz CT molecular complexity index is 829. The summed E-state index contributed by atoms with van der Waals surface area (Å²) in [5, 5.41) is 0. The van der Waals surface area contributed by atoms with E-state index in [9.17, 15) is 4.79 Å². The third-order valence-electron chi connectivity index (χ3n) is 5.83. The van der Waals surface area contributed by atoms with E-state index >= 15 is 0 Å². The average Bonchev–Trinajstić information content (AvgIpc) is 2.91. The second kappa shape index (κ2) is 5.23. The summed E-state index contributed by atoms with van der Waals surface area (Å²) in [5.74, 6) is -0.224. The van der Waals surface area contributed by atoms with E-state index in [0.29, 0.717) is 0 Å². The second-order valence-corrected chi connectivity index (χ2v) is 8.00. The van der Waals surface area contributed by atoms with Gasteiger partial charge in [0.05, 0.1) is 5.41 Å². The van der Waals surface area contributed by atoms with E-state index in [-0.39, 0.29) is 11.3 Å². The number of carbonyl (C=O) groups is 1. The predicted molar refractivity (Wildman–Crippen MR) is 98.8 cm³/mol. The molecule has 3 nitrogen and oxygen atoms in total. The van der Waals surface area contributed by atoms with Crippen LogP contribution in [-0.2, 0) is 22.0 Å². The van der Waals surface area contributed by atoms with Crippen molar-refractivity contribution in [2.24, 2.45) is 5.73 Å². The van der Waals surface area contributed by atoms with Gasteiger partial charge < -0.3 is 10.3 Å². The van der Waals surface area contributed by atoms with Crippen LogP contribution in [0.15, 0.2) is 24.3 Å². The quantitative estimate of drug-likeness (QED) is 0.908. The van der Waals surface area contributed by atoms with Crippen LogP contribution in [-0.4, -0.2) is 10.5 Å². The zero-order chi connectivity index (χ0) is 17.9. The predicted octanol–water partition coefficient (Wildman–Crippen LogP) is 4.08. The zero-order valence-electron chi connectivity index (χ0n) is 15.7. The number of amides is 1. The summed E-state index contributed by atoms with van der Waals surface area (Å²) >= 11 is 0. The average molecular weight is 324 g/mol. The fourth-order valence-electron chi connectivity index (χ4n) is 5.00. The summed E-state index contributed by atoms with van der Waals surface area (Å²) in [6.07, 6.45) is 1.76. The number of hydrogen-bond acceptors (Lipinski definition) is 1. The number of para-hydroxylation sites is 1. The summed E-state index contributed by atoms with van der Waals surface area (Å²) in [5.41, 5.74) is 12.5. The van der Waals surface area contributed by atoms with Gasteiger partial charge in [-0.3, -0.25) is 4.79 Å². The number of fused-ring (bicyclic) bond motifs is 1. The maximum atomic E-state index is 12.3. The lowest BCUT2D eigenvalue weighted by Crippen LogP contribution is -2.38. The smallest absolute Gasteiger partial charge is 0.227 e. The highest BCUT2D eigenvalue weighted by Crippen LogP contribution is 2.53. The molecule has 0 saturated heterocycles. The fraction of sp³-hybridized carbons (Fsp3) is 0.476. The third-order valence-corrected chi connectivity index (χ3v) is 5.83. The number of carbonyl (C=O) groups excluding carboxylic acids is 1. The third kappa shape index (κ3) is 2.07. The lowest BCUT2D eigenvalue weighted by atomic mass is 9.79. The SMILES string of the molecule is CCc1ccccc1-n1c(C)c2c(c1C)C(C)(C(N)=O)CC2(C)C. The Morgan fingerprint density at radius 1 is 1.12 bits per heavy atom. The minimum absolute atomic E-state index is 0.0552. The first-order valence-electron chi connectivity index (χ1n) is 8.76. The molecule has 2 aromatic rings. The summed E-state index contributed by atoms with van der Waals surface area (Å²) in [7, 11) is 0. The molecule has 1 aromatic heterocycles. The Kier molecular flexibility index (Phi) is 3.67. The lowest BCUT2D eigenvalue weighted by Gasteiger charge is -2.27. The van der Waals surface area contributed by atoms with Crippen LogP contribution in [0.2, 0.25) is 0 Å². The molecule has 0 fully saturated rings. The molecule has 1 aliphatic carbocycles. The van der Waals surface area contributed by atoms with Gasteiger partial charge in [-0.2, -0.15) is 0 Å². The minimum Gasteiger partial charge on any atom is -0.369 e. The second-order valence-electron chi connectivity index (χ2n) is 8.00. The lowest BCUT2D eigenvalue weighted by molar-refractivity contribution is -0.123. The first-order chi connectivity index (χ1) is 11.1. The molecular formula is C21H28N2O. The molecule has 0 saturated carbocycles. The standard InChI is InChI=1S/C21H28N2O/c1-7-15-10-8-9-11-16(15)23-13(2)17-18(14(23)3)21(6,19(22)24)12-20(17,4)5/h8-11H,7,12H2,1-6H3,(H2,22,24). The molecule has 3 heteroatoms. The first-order valence-corrected chi connectivity index (χ1v) is 8.76. The van der Waals surface area contributed by atoms with Crippen LogP contribution in [0.1, 0.15) is 62.2 Å². The van der Waals surface area contributed by atoms with Gasteiger partial charge in [-0.15, -0.1) is 0 Å². The number of nitrogens with zero attached hydrogens (tertiary/aromatic N) is 1. The molecule has 1 heterocycles. The van der Waals surface area contributed by atoms with Crippen LogP contribution in [0.4, 0.5) is 0 Å². The normalized spacial score (nSPS) is 21.8. The molecule has 0 radical (unpaired) electrons. The number of aromatic nitrogens is 1. The zero-order valence-corrected chi connectivity index (χ0v) is 15.7. The number of rotatable bonds is 3. The van der Waals surface area contributed by atoms with Crippen LogP contribution in [0.3, 0.4) is 0 Å². The Hall–Kier alpha value is -2.03. The van der Waals surface area contributed by atoms with Gasteiger partial charge in [-0.05, 0) is 61.8 Å². The largest absolute Gasteiger partial charge is 0.369 e. The van der Waals surface area contributed by atoms with Crippen LogP contribution >= 0.6 is 0 Å². The number of benzene rings is 1. The van der Waals surface area contributed by atoms with Crippen molar-refractivity contribution in [3.05, 3.63) is 52.3 Å². The molecule has 128 valence electrons. The fourth-order valence-corrected chi connectivity index (χ4v) is 5.00. The molecule has 0 aliphatic heterocycles. The van der Waals surface area contributed by atoms with Gasteiger partial charge in [0.2, 0.25) is 5.91 Å². The monoisotopic (exact) mass is 324 g/mol. The van der Waals surface area contributed by atoms with Gasteiger partial charge in [0.25, 0.3) is 0 Å². The number of aryl methyl sites for hydroxylation is 1. The minimum atomic E-state index is -0.597. The highest BCUT2D eigenvalue weighted by atomic mass is 16.1. The molecule has 24 heavy (non-hydrogen) atoms. The van der Waals surface area contributed by atoms with Gasteiger partial charge in [-0.1, -0.05) is 39.0 Å². The molecule has 1 amide bonds. The van der Waals surface area contributed by atoms with E-state index in [1.54, 1.807) is 0 Å². The summed E-state index contributed by atoms with van der Waals surface area (Å²) < 4.78 is 2.32. The summed E-state index contributed by atoms with van der Waals surface area (Å²) in [6.45, 7) is 12.9. The molecule has 0 bridgehead atoms. The van der Waals surface area contributed by atoms with Crippen LogP contribution < -0.4 is 5.73 Å². The summed E-state index contributed by atoms with van der Waals surface area (Å²) in [6, 6.07) is 8.51. The van der Waals surface area contributed by atoms with Crippen LogP contribution in [0.5, 0.6) is 0 Å². The maximum Gasteiger partial charge on any atom is 0.227 e. The van der Waals surface area contributed by atoms with Crippen molar-refractivity contribution in [2.75, 3.05) is 0 Å². The van der Waals surface area contributed by atoms with Crippen molar-refractivity contribution in [3.63, 3.8) is 0 Å². The highest BCUT2D eigenvalue weighted by molar-refractivity contribution is 5.89. The van der Waals surface area contributed by atoms with Crippen molar-refractivity contribution in [2.45, 2.75) is 65.2 Å². The van der Waals surface area contributed by atoms with E-state index in [0.717, 1.165) is 24.1 Å². The van der Waals surface area contributed by atoms with E-state index in [1.807, 2.05) is 6.92 Å². The molecular weight excluding hydrogens is 296 g/mol. The van der Waals surface area contributed by atoms with Crippen molar-refractivity contribution < 1.29 is 4.79 Å². The van der Waals surface area contributed by atoms with E-state index < -0.39 is 5.41 Å². The Balaban J connectivity index is 2.37. The topological polar surface area (TPSA) is 48.0 Å². The van der Waals surface area contributed by atoms with Crippen molar-refractivity contribution in [1.82, 2.24) is 4.57 Å². The molecule has 3 rings (SSSR count). The number of nitrogens with two attached hydrogens (primary N) is 1. The van der Waals surface area contributed by atoms with E-state index in [1.165, 1.54) is 22.5 Å². The molecule has 1 atom stereocenters. The first kappa shape index (κ1) is 16.8. The molecule has 0 spiro atoms. The van der Waals surface area contributed by atoms with Gasteiger partial charge in [0.1, 0.15) is 0 Å². The van der Waals surface area contributed by atoms with Crippen LogP contribution in [0, 0.1) is 13.8 Å². The Morgan fingerprint density at radius 3 is 2.29 bits per heavy atom. The number of primary amides is 1. The van der Waals surface area contributed by atoms with Crippen LogP contribution in [0.25, 0.3) is 5.69 Å². The van der Waals surface area contributed by atoms with Crippen molar-refractivity contribution in [1.29, 1.82) is 0 Å².